The van der Waals surface area contributed by atoms with Crippen LogP contribution in [0.1, 0.15) is 0 Å². The molecule has 4 heteroatoms. The van der Waals surface area contributed by atoms with Gasteiger partial charge in [-0.2, -0.15) is 0 Å². The van der Waals surface area contributed by atoms with Crippen molar-refractivity contribution in [1.82, 2.24) is 0 Å². The largest absolute Gasteiger partial charge is 0.330 e. The first-order valence-corrected chi connectivity index (χ1v) is 2.50. The molecule has 6 heavy (non-hydrogen) atoms. The van der Waals surface area contributed by atoms with Crippen LogP contribution in [-0.4, -0.2) is 12.3 Å². The van der Waals surface area contributed by atoms with Gasteiger partial charge >= 0.3 is 0 Å². The summed E-state index contributed by atoms with van der Waals surface area (Å²) in [4.78, 5) is 9.22. The molecule has 0 amide bonds. The maximum absolute atomic E-state index is 9.22. The van der Waals surface area contributed by atoms with E-state index in [4.69, 9.17) is 5.73 Å². The summed E-state index contributed by atoms with van der Waals surface area (Å²) in [6.07, 6.45) is 0. The first-order valence-electron chi connectivity index (χ1n) is 1.56. The van der Waals surface area contributed by atoms with E-state index in [2.05, 4.69) is 4.58 Å². The molecule has 0 rings (SSSR count). The fourth-order valence-electron chi connectivity index (χ4n) is 0.0900. The number of nitroso groups, excluding NO2 is 1. The van der Waals surface area contributed by atoms with E-state index in [1.165, 1.54) is 0 Å². The standard InChI is InChI=1S/C2H6N2OS/c3-1-2-6-4-5/h1-3H2. The summed E-state index contributed by atoms with van der Waals surface area (Å²) < 4.78 is 2.51. The fourth-order valence-corrected chi connectivity index (χ4v) is 0.270. The van der Waals surface area contributed by atoms with Crippen molar-refractivity contribution in [1.29, 1.82) is 0 Å². The van der Waals surface area contributed by atoms with Gasteiger partial charge in [-0.15, -0.1) is 4.91 Å². The van der Waals surface area contributed by atoms with Crippen LogP contribution in [0.2, 0.25) is 0 Å². The second-order valence-corrected chi connectivity index (χ2v) is 1.51. The van der Waals surface area contributed by atoms with Crippen molar-refractivity contribution in [3.63, 3.8) is 0 Å². The molecule has 0 heterocycles. The van der Waals surface area contributed by atoms with Crippen LogP contribution in [0.5, 0.6) is 0 Å². The van der Waals surface area contributed by atoms with Gasteiger partial charge in [0.25, 0.3) is 0 Å². The molecule has 0 aromatic carbocycles. The van der Waals surface area contributed by atoms with Crippen LogP contribution in [0.4, 0.5) is 0 Å². The minimum absolute atomic E-state index is 0.524. The van der Waals surface area contributed by atoms with Gasteiger partial charge in [-0.3, -0.25) is 0 Å². The average molecular weight is 106 g/mol. The number of rotatable bonds is 3. The molecule has 3 nitrogen and oxygen atoms in total. The SMILES string of the molecule is NCCSN=O. The molecule has 0 bridgehead atoms. The van der Waals surface area contributed by atoms with Gasteiger partial charge in [0.1, 0.15) is 0 Å². The second kappa shape index (κ2) is 4.91. The van der Waals surface area contributed by atoms with Gasteiger partial charge in [0, 0.05) is 28.8 Å². The Balaban J connectivity index is 2.49. The van der Waals surface area contributed by atoms with E-state index < -0.39 is 0 Å². The Morgan fingerprint density at radius 2 is 2.50 bits per heavy atom. The summed E-state index contributed by atoms with van der Waals surface area (Å²) in [5.41, 5.74) is 4.99. The Morgan fingerprint density at radius 1 is 1.83 bits per heavy atom. The van der Waals surface area contributed by atoms with Crippen molar-refractivity contribution in [3.8, 4) is 0 Å². The smallest absolute Gasteiger partial charge is 0.0310 e. The zero-order chi connectivity index (χ0) is 4.83. The van der Waals surface area contributed by atoms with Crippen LogP contribution < -0.4 is 5.73 Å². The molecule has 0 saturated carbocycles. The number of nitrogens with two attached hydrogens (primary N) is 1. The number of nitrogens with zero attached hydrogens (tertiary/aromatic N) is 1. The predicted octanol–water partition coefficient (Wildman–Crippen LogP) is 0.360. The molecule has 0 atom stereocenters. The second-order valence-electron chi connectivity index (χ2n) is 0.696. The van der Waals surface area contributed by atoms with E-state index in [0.717, 1.165) is 11.9 Å². The van der Waals surface area contributed by atoms with Crippen molar-refractivity contribution in [3.05, 3.63) is 4.91 Å². The van der Waals surface area contributed by atoms with Crippen molar-refractivity contribution in [2.45, 2.75) is 0 Å². The summed E-state index contributed by atoms with van der Waals surface area (Å²) in [6.45, 7) is 0.524. The van der Waals surface area contributed by atoms with E-state index in [1.54, 1.807) is 0 Å². The summed E-state index contributed by atoms with van der Waals surface area (Å²) in [5.74, 6) is 0.628. The third kappa shape index (κ3) is 3.91. The first kappa shape index (κ1) is 5.91. The van der Waals surface area contributed by atoms with E-state index in [0.29, 0.717) is 12.3 Å². The lowest BCUT2D eigenvalue weighted by molar-refractivity contribution is 1.15. The molecule has 0 aromatic rings. The third-order valence-corrected chi connectivity index (χ3v) is 0.786. The summed E-state index contributed by atoms with van der Waals surface area (Å²) >= 11 is 0.953. The number of hydrogen-bond acceptors (Lipinski definition) is 4. The summed E-state index contributed by atoms with van der Waals surface area (Å²) in [5, 5.41) is 0. The Labute approximate surface area is 40.4 Å². The Kier molecular flexibility index (Phi) is 4.84. The normalized spacial score (nSPS) is 8.17. The van der Waals surface area contributed by atoms with Crippen molar-refractivity contribution in [2.24, 2.45) is 10.3 Å². The molecule has 0 aliphatic carbocycles. The van der Waals surface area contributed by atoms with E-state index in [-0.39, 0.29) is 0 Å². The van der Waals surface area contributed by atoms with E-state index in [9.17, 15) is 4.91 Å². The average Bonchev–Trinajstić information content (AvgIpc) is 1.61. The van der Waals surface area contributed by atoms with Crippen LogP contribution in [0.3, 0.4) is 0 Å². The monoisotopic (exact) mass is 106 g/mol. The highest BCUT2D eigenvalue weighted by molar-refractivity contribution is 7.97. The number of hydrogen-bond donors (Lipinski definition) is 1. The lowest BCUT2D eigenvalue weighted by Gasteiger charge is -1.78. The van der Waals surface area contributed by atoms with Crippen LogP contribution in [-0.2, 0) is 0 Å². The molecule has 0 spiro atoms. The zero-order valence-corrected chi connectivity index (χ0v) is 4.07. The Bertz CT molecular complexity index is 40.5. The maximum Gasteiger partial charge on any atom is 0.0310 e. The molecule has 0 aromatic heterocycles. The molecular weight excluding hydrogens is 100 g/mol. The van der Waals surface area contributed by atoms with Crippen LogP contribution in [0.15, 0.2) is 4.58 Å². The highest BCUT2D eigenvalue weighted by Gasteiger charge is 1.76. The molecule has 0 saturated heterocycles. The van der Waals surface area contributed by atoms with Gasteiger partial charge in [-0.1, -0.05) is 0 Å². The quantitative estimate of drug-likeness (QED) is 0.321. The van der Waals surface area contributed by atoms with Crippen LogP contribution in [0, 0.1) is 4.91 Å². The van der Waals surface area contributed by atoms with Crippen LogP contribution >= 0.6 is 11.9 Å². The highest BCUT2D eigenvalue weighted by atomic mass is 32.2. The topological polar surface area (TPSA) is 55.4 Å². The van der Waals surface area contributed by atoms with Gasteiger partial charge in [-0.05, 0) is 0 Å². The van der Waals surface area contributed by atoms with E-state index in [1.807, 2.05) is 0 Å². The van der Waals surface area contributed by atoms with Gasteiger partial charge in [0.2, 0.25) is 0 Å². The van der Waals surface area contributed by atoms with Crippen LogP contribution in [0.25, 0.3) is 0 Å². The summed E-state index contributed by atoms with van der Waals surface area (Å²) in [7, 11) is 0. The molecule has 36 valence electrons. The van der Waals surface area contributed by atoms with Gasteiger partial charge in [0.15, 0.2) is 0 Å². The van der Waals surface area contributed by atoms with Crippen molar-refractivity contribution in [2.75, 3.05) is 12.3 Å². The minimum atomic E-state index is 0.524. The Hall–Kier alpha value is -0.0900. The summed E-state index contributed by atoms with van der Waals surface area (Å²) in [6, 6.07) is 0. The fraction of sp³-hybridized carbons (Fsp3) is 1.00. The Morgan fingerprint density at radius 3 is 2.67 bits per heavy atom. The third-order valence-electron chi connectivity index (χ3n) is 0.262. The maximum atomic E-state index is 9.22. The molecule has 0 aliphatic heterocycles. The molecule has 0 radical (unpaired) electrons. The first-order chi connectivity index (χ1) is 2.91. The molecular formula is C2H6N2OS. The van der Waals surface area contributed by atoms with E-state index >= 15 is 0 Å². The van der Waals surface area contributed by atoms with Gasteiger partial charge in [-0.25, -0.2) is 0 Å². The molecule has 2 N–H and O–H groups in total. The minimum Gasteiger partial charge on any atom is -0.330 e. The lowest BCUT2D eigenvalue weighted by atomic mass is 10.8. The lowest BCUT2D eigenvalue weighted by Crippen LogP contribution is -1.99. The highest BCUT2D eigenvalue weighted by Crippen LogP contribution is 1.94. The van der Waals surface area contributed by atoms with Crippen molar-refractivity contribution >= 4 is 11.9 Å². The molecule has 0 unspecified atom stereocenters. The van der Waals surface area contributed by atoms with Gasteiger partial charge < -0.3 is 5.73 Å². The molecule has 0 fully saturated rings. The predicted molar refractivity (Wildman–Crippen MR) is 27.3 cm³/mol. The van der Waals surface area contributed by atoms with Crippen molar-refractivity contribution < 1.29 is 0 Å². The molecule has 0 aliphatic rings. The zero-order valence-electron chi connectivity index (χ0n) is 3.26. The van der Waals surface area contributed by atoms with Gasteiger partial charge in [0.05, 0.1) is 0 Å².